The van der Waals surface area contributed by atoms with E-state index >= 15 is 0 Å². The Bertz CT molecular complexity index is 1400. The number of nitrogens with zero attached hydrogens (tertiary/aromatic N) is 4. The molecule has 3 aliphatic rings. The van der Waals surface area contributed by atoms with Gasteiger partial charge in [0.25, 0.3) is 5.56 Å². The van der Waals surface area contributed by atoms with Gasteiger partial charge in [-0.3, -0.25) is 4.79 Å². The third kappa shape index (κ3) is 3.95. The molecule has 8 nitrogen and oxygen atoms in total. The fourth-order valence-corrected chi connectivity index (χ4v) is 5.18. The number of fused-ring (bicyclic) bond motifs is 2. The lowest BCUT2D eigenvalue weighted by Crippen LogP contribution is -2.65. The Morgan fingerprint density at radius 3 is 2.39 bits per heavy atom. The lowest BCUT2D eigenvalue weighted by Gasteiger charge is -2.47. The molecule has 36 heavy (non-hydrogen) atoms. The van der Waals surface area contributed by atoms with Crippen LogP contribution in [-0.4, -0.2) is 76.0 Å². The van der Waals surface area contributed by atoms with Crippen molar-refractivity contribution in [3.05, 3.63) is 51.9 Å². The summed E-state index contributed by atoms with van der Waals surface area (Å²) in [7, 11) is 8.17. The molecule has 0 N–H and O–H groups in total. The van der Waals surface area contributed by atoms with Crippen LogP contribution < -0.4 is 24.7 Å². The van der Waals surface area contributed by atoms with Crippen LogP contribution in [0.4, 0.5) is 5.82 Å². The molecular weight excluding hydrogens is 452 g/mol. The second-order valence-corrected chi connectivity index (χ2v) is 11.3. The minimum absolute atomic E-state index is 0.101. The highest BCUT2D eigenvalue weighted by atomic mass is 16.6. The molecule has 1 saturated carbocycles. The summed E-state index contributed by atoms with van der Waals surface area (Å²) in [5.41, 5.74) is 2.84. The van der Waals surface area contributed by atoms with Crippen molar-refractivity contribution < 1.29 is 14.2 Å². The van der Waals surface area contributed by atoms with E-state index in [-0.39, 0.29) is 11.7 Å². The van der Waals surface area contributed by atoms with E-state index in [1.807, 2.05) is 49.6 Å². The summed E-state index contributed by atoms with van der Waals surface area (Å²) in [4.78, 5) is 19.3. The number of hydrogen-bond acceptors (Lipinski definition) is 7. The van der Waals surface area contributed by atoms with Gasteiger partial charge in [0.1, 0.15) is 43.2 Å². The normalized spacial score (nSPS) is 20.9. The van der Waals surface area contributed by atoms with E-state index < -0.39 is 10.8 Å². The van der Waals surface area contributed by atoms with Crippen molar-refractivity contribution in [1.29, 1.82) is 0 Å². The standard InChI is InChI=1S/C24H30B4N4O4/c1-13-20(14-2-3-14)22(30-32-19(33)6-9-29-21(13)32)31-10-7-15(8-11-31)34-16-4-5-17-18(12-16)36-24(27,28)23(25,26)35-17/h4-6,9,12,14-15H,2-3,7-8,10-11,25-28H2,1H3. The molecule has 2 aromatic heterocycles. The lowest BCUT2D eigenvalue weighted by atomic mass is 9.41. The summed E-state index contributed by atoms with van der Waals surface area (Å²) in [5.74, 6) is 3.70. The molecule has 0 bridgehead atoms. The molecule has 182 valence electrons. The third-order valence-corrected chi connectivity index (χ3v) is 8.12. The van der Waals surface area contributed by atoms with Gasteiger partial charge in [-0.2, -0.15) is 4.52 Å². The maximum atomic E-state index is 12.5. The molecule has 1 aromatic carbocycles. The van der Waals surface area contributed by atoms with Gasteiger partial charge >= 0.3 is 0 Å². The van der Waals surface area contributed by atoms with E-state index in [1.165, 1.54) is 29.0 Å². The predicted molar refractivity (Wildman–Crippen MR) is 149 cm³/mol. The number of benzene rings is 1. The van der Waals surface area contributed by atoms with Crippen molar-refractivity contribution in [2.45, 2.75) is 55.4 Å². The topological polar surface area (TPSA) is 78.2 Å². The zero-order chi connectivity index (χ0) is 25.2. The van der Waals surface area contributed by atoms with Gasteiger partial charge in [-0.15, -0.1) is 5.10 Å². The molecule has 1 aliphatic carbocycles. The van der Waals surface area contributed by atoms with Crippen molar-refractivity contribution in [3.63, 3.8) is 0 Å². The number of hydrogen-bond donors (Lipinski definition) is 0. The van der Waals surface area contributed by atoms with Gasteiger partial charge in [0.2, 0.25) is 0 Å². The molecule has 0 spiro atoms. The molecule has 6 rings (SSSR count). The molecule has 2 fully saturated rings. The summed E-state index contributed by atoms with van der Waals surface area (Å²) >= 11 is 0. The maximum absolute atomic E-state index is 12.5. The predicted octanol–water partition coefficient (Wildman–Crippen LogP) is -1.07. The second-order valence-electron chi connectivity index (χ2n) is 11.3. The highest BCUT2D eigenvalue weighted by Crippen LogP contribution is 2.46. The highest BCUT2D eigenvalue weighted by Gasteiger charge is 2.44. The summed E-state index contributed by atoms with van der Waals surface area (Å²) in [6.07, 6.45) is 5.75. The van der Waals surface area contributed by atoms with E-state index in [2.05, 4.69) is 16.8 Å². The van der Waals surface area contributed by atoms with Crippen LogP contribution in [-0.2, 0) is 0 Å². The number of anilines is 1. The first kappa shape index (κ1) is 23.4. The zero-order valence-electron chi connectivity index (χ0n) is 21.7. The van der Waals surface area contributed by atoms with Gasteiger partial charge in [-0.05, 0) is 37.8 Å². The van der Waals surface area contributed by atoms with Gasteiger partial charge in [0.15, 0.2) is 23.0 Å². The molecule has 12 heteroatoms. The maximum Gasteiger partial charge on any atom is 0.274 e. The smallest absolute Gasteiger partial charge is 0.274 e. The molecule has 4 heterocycles. The van der Waals surface area contributed by atoms with E-state index in [9.17, 15) is 4.79 Å². The first-order chi connectivity index (χ1) is 17.1. The SMILES string of the molecule is BC1(B)Oc2ccc(OC3CCN(c4nn5c(=O)ccnc5c(C)c4C4CC4)CC3)cc2OC1(B)B. The van der Waals surface area contributed by atoms with Crippen LogP contribution in [0.15, 0.2) is 35.3 Å². The Morgan fingerprint density at radius 2 is 1.69 bits per heavy atom. The number of aromatic nitrogens is 3. The Labute approximate surface area is 214 Å². The van der Waals surface area contributed by atoms with Gasteiger partial charge in [-0.1, -0.05) is 0 Å². The molecule has 3 aromatic rings. The van der Waals surface area contributed by atoms with Crippen LogP contribution in [0.5, 0.6) is 17.2 Å². The number of piperidine rings is 1. The minimum Gasteiger partial charge on any atom is -0.499 e. The first-order valence-electron chi connectivity index (χ1n) is 13.0. The minimum atomic E-state index is -0.453. The van der Waals surface area contributed by atoms with E-state index in [4.69, 9.17) is 19.3 Å². The van der Waals surface area contributed by atoms with Crippen LogP contribution >= 0.6 is 0 Å². The van der Waals surface area contributed by atoms with Crippen LogP contribution in [0.2, 0.25) is 0 Å². The van der Waals surface area contributed by atoms with Crippen molar-refractivity contribution >= 4 is 42.9 Å². The number of ether oxygens (including phenoxy) is 3. The highest BCUT2D eigenvalue weighted by molar-refractivity contribution is 6.53. The van der Waals surface area contributed by atoms with Crippen molar-refractivity contribution in [1.82, 2.24) is 14.6 Å². The van der Waals surface area contributed by atoms with Gasteiger partial charge in [0, 0.05) is 55.4 Å². The summed E-state index contributed by atoms with van der Waals surface area (Å²) in [6, 6.07) is 7.31. The molecular formula is C24H30B4N4O4. The summed E-state index contributed by atoms with van der Waals surface area (Å²) < 4.78 is 20.3. The Kier molecular flexibility index (Phi) is 5.36. The number of aryl methyl sites for hydroxylation is 1. The Morgan fingerprint density at radius 1 is 1.00 bits per heavy atom. The van der Waals surface area contributed by atoms with Crippen molar-refractivity contribution in [3.8, 4) is 17.2 Å². The quantitative estimate of drug-likeness (QED) is 0.439. The van der Waals surface area contributed by atoms with Crippen LogP contribution in [0.3, 0.4) is 0 Å². The average molecular weight is 482 g/mol. The van der Waals surface area contributed by atoms with Gasteiger partial charge in [0.05, 0.1) is 10.8 Å². The molecule has 0 unspecified atom stereocenters. The van der Waals surface area contributed by atoms with Crippen LogP contribution in [0.1, 0.15) is 42.7 Å². The molecule has 0 amide bonds. The van der Waals surface area contributed by atoms with Crippen molar-refractivity contribution in [2.24, 2.45) is 0 Å². The third-order valence-electron chi connectivity index (χ3n) is 8.12. The molecule has 0 radical (unpaired) electrons. The number of rotatable bonds is 4. The molecule has 0 atom stereocenters. The van der Waals surface area contributed by atoms with Crippen LogP contribution in [0, 0.1) is 6.92 Å². The summed E-state index contributed by atoms with van der Waals surface area (Å²) in [5, 5.41) is 3.92. The average Bonchev–Trinajstić information content (AvgIpc) is 3.66. The second kappa shape index (κ2) is 8.25. The summed E-state index contributed by atoms with van der Waals surface area (Å²) in [6.45, 7) is 3.72. The zero-order valence-corrected chi connectivity index (χ0v) is 21.7. The molecule has 1 saturated heterocycles. The first-order valence-corrected chi connectivity index (χ1v) is 13.0. The van der Waals surface area contributed by atoms with E-state index in [0.717, 1.165) is 54.6 Å². The fraction of sp³-hybridized carbons (Fsp3) is 0.458. The fourth-order valence-electron chi connectivity index (χ4n) is 5.18. The lowest BCUT2D eigenvalue weighted by molar-refractivity contribution is 0.0609. The van der Waals surface area contributed by atoms with Gasteiger partial charge < -0.3 is 19.1 Å². The monoisotopic (exact) mass is 482 g/mol. The van der Waals surface area contributed by atoms with Crippen LogP contribution in [0.25, 0.3) is 5.65 Å². The van der Waals surface area contributed by atoms with E-state index in [1.54, 1.807) is 6.20 Å². The van der Waals surface area contributed by atoms with Gasteiger partial charge in [-0.25, -0.2) is 4.98 Å². The van der Waals surface area contributed by atoms with Crippen molar-refractivity contribution in [2.75, 3.05) is 18.0 Å². The Hall–Kier alpha value is -3.03. The molecule has 2 aliphatic heterocycles. The Balaban J connectivity index is 1.19. The largest absolute Gasteiger partial charge is 0.499 e. The van der Waals surface area contributed by atoms with E-state index in [0.29, 0.717) is 11.6 Å².